The van der Waals surface area contributed by atoms with Gasteiger partial charge in [0.1, 0.15) is 24.0 Å². The van der Waals surface area contributed by atoms with Crippen LogP contribution in [-0.4, -0.2) is 23.0 Å². The quantitative estimate of drug-likeness (QED) is 0.642. The SMILES string of the molecule is COC(=O)c1ccc(Cc2c(OCc3ccc(F)cc3F)cc(C)[nH]c2=O)nc1. The number of ether oxygens (including phenoxy) is 2. The summed E-state index contributed by atoms with van der Waals surface area (Å²) in [6.45, 7) is 1.52. The summed E-state index contributed by atoms with van der Waals surface area (Å²) in [7, 11) is 1.27. The number of nitrogens with one attached hydrogen (secondary N) is 1. The molecule has 2 aromatic heterocycles. The summed E-state index contributed by atoms with van der Waals surface area (Å²) in [5.74, 6) is -1.65. The lowest BCUT2D eigenvalue weighted by atomic mass is 10.1. The molecule has 3 aromatic rings. The first kappa shape index (κ1) is 20.2. The third kappa shape index (κ3) is 4.84. The van der Waals surface area contributed by atoms with Crippen LogP contribution >= 0.6 is 0 Å². The Kier molecular flexibility index (Phi) is 6.01. The van der Waals surface area contributed by atoms with Crippen molar-refractivity contribution in [3.05, 3.63) is 92.7 Å². The maximum absolute atomic E-state index is 13.9. The molecule has 0 fully saturated rings. The van der Waals surface area contributed by atoms with Gasteiger partial charge in [-0.25, -0.2) is 13.6 Å². The van der Waals surface area contributed by atoms with Crippen molar-refractivity contribution >= 4 is 5.97 Å². The van der Waals surface area contributed by atoms with Crippen LogP contribution in [0.1, 0.15) is 32.9 Å². The monoisotopic (exact) mass is 400 g/mol. The van der Waals surface area contributed by atoms with Crippen molar-refractivity contribution < 1.29 is 23.0 Å². The van der Waals surface area contributed by atoms with Crippen LogP contribution < -0.4 is 10.3 Å². The number of aryl methyl sites for hydroxylation is 1. The molecule has 0 radical (unpaired) electrons. The normalized spacial score (nSPS) is 10.6. The first-order valence-corrected chi connectivity index (χ1v) is 8.70. The Morgan fingerprint density at radius 3 is 2.62 bits per heavy atom. The standard InChI is InChI=1S/C21H18F2N2O4/c1-12-7-19(29-11-14-3-5-15(22)8-18(14)23)17(20(26)25-12)9-16-6-4-13(10-24-16)21(27)28-2/h3-8,10H,9,11H2,1-2H3,(H,25,26). The molecule has 3 rings (SSSR count). The average molecular weight is 400 g/mol. The van der Waals surface area contributed by atoms with Gasteiger partial charge in [-0.3, -0.25) is 9.78 Å². The number of H-pyrrole nitrogens is 1. The third-order valence-corrected chi connectivity index (χ3v) is 4.23. The minimum Gasteiger partial charge on any atom is -0.488 e. The summed E-state index contributed by atoms with van der Waals surface area (Å²) in [5.41, 5.74) is 1.50. The fraction of sp³-hybridized carbons (Fsp3) is 0.190. The molecule has 6 nitrogen and oxygen atoms in total. The van der Waals surface area contributed by atoms with E-state index in [1.54, 1.807) is 25.1 Å². The number of rotatable bonds is 6. The molecule has 29 heavy (non-hydrogen) atoms. The van der Waals surface area contributed by atoms with E-state index in [0.717, 1.165) is 12.1 Å². The number of hydrogen-bond acceptors (Lipinski definition) is 5. The van der Waals surface area contributed by atoms with Crippen LogP contribution in [0.15, 0.2) is 47.4 Å². The molecule has 0 atom stereocenters. The van der Waals surface area contributed by atoms with Crippen LogP contribution in [0.5, 0.6) is 5.75 Å². The van der Waals surface area contributed by atoms with Crippen molar-refractivity contribution in [2.24, 2.45) is 0 Å². The lowest BCUT2D eigenvalue weighted by molar-refractivity contribution is 0.0600. The number of methoxy groups -OCH3 is 1. The van der Waals surface area contributed by atoms with Crippen molar-refractivity contribution in [3.63, 3.8) is 0 Å². The Bertz CT molecular complexity index is 1090. The van der Waals surface area contributed by atoms with Gasteiger partial charge in [0.25, 0.3) is 5.56 Å². The van der Waals surface area contributed by atoms with E-state index >= 15 is 0 Å². The predicted octanol–water partition coefficient (Wildman–Crippen LogP) is 3.31. The molecule has 0 bridgehead atoms. The molecule has 0 saturated heterocycles. The molecule has 0 spiro atoms. The number of pyridine rings is 2. The Hall–Kier alpha value is -3.55. The Morgan fingerprint density at radius 2 is 1.97 bits per heavy atom. The number of carbonyl (C=O) groups excluding carboxylic acids is 1. The number of esters is 1. The van der Waals surface area contributed by atoms with E-state index < -0.39 is 17.6 Å². The fourth-order valence-electron chi connectivity index (χ4n) is 2.73. The second kappa shape index (κ2) is 8.64. The molecule has 2 heterocycles. The third-order valence-electron chi connectivity index (χ3n) is 4.23. The van der Waals surface area contributed by atoms with Gasteiger partial charge in [0, 0.05) is 35.6 Å². The topological polar surface area (TPSA) is 81.3 Å². The molecule has 1 aromatic carbocycles. The van der Waals surface area contributed by atoms with Crippen LogP contribution in [-0.2, 0) is 17.8 Å². The minimum atomic E-state index is -0.729. The van der Waals surface area contributed by atoms with Crippen LogP contribution in [0.4, 0.5) is 8.78 Å². The molecule has 0 aliphatic carbocycles. The molecule has 150 valence electrons. The van der Waals surface area contributed by atoms with E-state index in [2.05, 4.69) is 14.7 Å². The zero-order valence-corrected chi connectivity index (χ0v) is 15.8. The van der Waals surface area contributed by atoms with Gasteiger partial charge in [-0.1, -0.05) is 0 Å². The zero-order chi connectivity index (χ0) is 21.0. The van der Waals surface area contributed by atoms with E-state index in [1.165, 1.54) is 19.4 Å². The van der Waals surface area contributed by atoms with Crippen molar-refractivity contribution in [2.75, 3.05) is 7.11 Å². The van der Waals surface area contributed by atoms with Crippen LogP contribution in [0.25, 0.3) is 0 Å². The molecule has 0 unspecified atom stereocenters. The molecule has 0 aliphatic rings. The zero-order valence-electron chi connectivity index (χ0n) is 15.8. The second-order valence-corrected chi connectivity index (χ2v) is 6.36. The number of nitrogens with zero attached hydrogens (tertiary/aromatic N) is 1. The smallest absolute Gasteiger partial charge is 0.339 e. The number of carbonyl (C=O) groups is 1. The largest absolute Gasteiger partial charge is 0.488 e. The second-order valence-electron chi connectivity index (χ2n) is 6.36. The maximum Gasteiger partial charge on any atom is 0.339 e. The highest BCUT2D eigenvalue weighted by Crippen LogP contribution is 2.21. The van der Waals surface area contributed by atoms with Gasteiger partial charge in [-0.15, -0.1) is 0 Å². The number of aromatic nitrogens is 2. The fourth-order valence-corrected chi connectivity index (χ4v) is 2.73. The summed E-state index contributed by atoms with van der Waals surface area (Å²) >= 11 is 0. The predicted molar refractivity (Wildman–Crippen MR) is 101 cm³/mol. The highest BCUT2D eigenvalue weighted by Gasteiger charge is 2.14. The van der Waals surface area contributed by atoms with E-state index in [0.29, 0.717) is 17.0 Å². The molecule has 0 amide bonds. The van der Waals surface area contributed by atoms with Gasteiger partial charge in [0.2, 0.25) is 0 Å². The van der Waals surface area contributed by atoms with Crippen molar-refractivity contribution in [1.82, 2.24) is 9.97 Å². The van der Waals surface area contributed by atoms with E-state index in [4.69, 9.17) is 4.74 Å². The first-order chi connectivity index (χ1) is 13.9. The molecule has 1 N–H and O–H groups in total. The summed E-state index contributed by atoms with van der Waals surface area (Å²) in [4.78, 5) is 30.8. The number of hydrogen-bond donors (Lipinski definition) is 1. The van der Waals surface area contributed by atoms with Gasteiger partial charge in [0.15, 0.2) is 0 Å². The molecular weight excluding hydrogens is 382 g/mol. The maximum atomic E-state index is 13.9. The molecular formula is C21H18F2N2O4. The van der Waals surface area contributed by atoms with Crippen molar-refractivity contribution in [1.29, 1.82) is 0 Å². The summed E-state index contributed by atoms with van der Waals surface area (Å²) in [6, 6.07) is 7.98. The molecule has 0 aliphatic heterocycles. The Labute approximate surface area is 165 Å². The van der Waals surface area contributed by atoms with Gasteiger partial charge in [-0.2, -0.15) is 0 Å². The highest BCUT2D eigenvalue weighted by molar-refractivity contribution is 5.88. The Balaban J connectivity index is 1.85. The number of aromatic amines is 1. The first-order valence-electron chi connectivity index (χ1n) is 8.70. The van der Waals surface area contributed by atoms with E-state index in [-0.39, 0.29) is 35.5 Å². The van der Waals surface area contributed by atoms with E-state index in [1.807, 2.05) is 0 Å². The highest BCUT2D eigenvalue weighted by atomic mass is 19.1. The van der Waals surface area contributed by atoms with E-state index in [9.17, 15) is 18.4 Å². The summed E-state index contributed by atoms with van der Waals surface area (Å²) in [5, 5.41) is 0. The van der Waals surface area contributed by atoms with Crippen LogP contribution in [0.3, 0.4) is 0 Å². The van der Waals surface area contributed by atoms with Gasteiger partial charge >= 0.3 is 5.97 Å². The number of benzene rings is 1. The van der Waals surface area contributed by atoms with Gasteiger partial charge in [-0.05, 0) is 37.3 Å². The van der Waals surface area contributed by atoms with Crippen molar-refractivity contribution in [2.45, 2.75) is 20.0 Å². The average Bonchev–Trinajstić information content (AvgIpc) is 2.69. The van der Waals surface area contributed by atoms with Gasteiger partial charge in [0.05, 0.1) is 18.2 Å². The van der Waals surface area contributed by atoms with Crippen LogP contribution in [0.2, 0.25) is 0 Å². The molecule has 8 heteroatoms. The molecule has 0 saturated carbocycles. The lowest BCUT2D eigenvalue weighted by Gasteiger charge is -2.12. The number of halogens is 2. The van der Waals surface area contributed by atoms with Crippen LogP contribution in [0, 0.1) is 18.6 Å². The lowest BCUT2D eigenvalue weighted by Crippen LogP contribution is -2.17. The summed E-state index contributed by atoms with van der Waals surface area (Å²) < 4.78 is 37.2. The van der Waals surface area contributed by atoms with Gasteiger partial charge < -0.3 is 14.5 Å². The summed E-state index contributed by atoms with van der Waals surface area (Å²) in [6.07, 6.45) is 1.50. The minimum absolute atomic E-state index is 0.137. The van der Waals surface area contributed by atoms with Crippen molar-refractivity contribution in [3.8, 4) is 5.75 Å². The Morgan fingerprint density at radius 1 is 1.17 bits per heavy atom.